The Kier molecular flexibility index (Phi) is 7.03. The van der Waals surface area contributed by atoms with Gasteiger partial charge < -0.3 is 15.2 Å². The summed E-state index contributed by atoms with van der Waals surface area (Å²) < 4.78 is 11.1. The summed E-state index contributed by atoms with van der Waals surface area (Å²) in [7, 11) is 0. The number of hydrogen-bond donors (Lipinski definition) is 2. The van der Waals surface area contributed by atoms with E-state index in [1.54, 1.807) is 6.26 Å². The zero-order valence-electron chi connectivity index (χ0n) is 15.6. The summed E-state index contributed by atoms with van der Waals surface area (Å²) in [5, 5.41) is 0. The van der Waals surface area contributed by atoms with Crippen LogP contribution in [0.15, 0.2) is 21.8 Å². The minimum Gasteiger partial charge on any atom is -0.460 e. The predicted molar refractivity (Wildman–Crippen MR) is 102 cm³/mol. The molecule has 1 saturated heterocycles. The van der Waals surface area contributed by atoms with Crippen LogP contribution in [-0.4, -0.2) is 47.5 Å². The van der Waals surface area contributed by atoms with E-state index in [1.807, 2.05) is 13.8 Å². The van der Waals surface area contributed by atoms with Gasteiger partial charge in [-0.15, -0.1) is 11.8 Å². The number of carbonyl (C=O) groups excluding carboxylic acids is 2. The third-order valence-corrected chi connectivity index (χ3v) is 5.06. The molecule has 27 heavy (non-hydrogen) atoms. The first-order chi connectivity index (χ1) is 12.8. The molecule has 1 aliphatic heterocycles. The Labute approximate surface area is 161 Å². The Morgan fingerprint density at radius 3 is 2.89 bits per heavy atom. The van der Waals surface area contributed by atoms with Gasteiger partial charge in [0.05, 0.1) is 6.10 Å². The van der Waals surface area contributed by atoms with Crippen molar-refractivity contribution in [1.29, 1.82) is 0 Å². The third kappa shape index (κ3) is 4.69. The standard InChI is InChI=1S/C17H24N4O5S/c1-5-9(2)16(24)25-7-11-6-10(3)15(26-11)21(8-22)13-12(27-4)14(23)20-17(18)19-13/h8,10-11,15H,2,5-7H2,1,3-4H3,(H3,18,19,20,23). The van der Waals surface area contributed by atoms with Crippen LogP contribution in [0.2, 0.25) is 0 Å². The molecular formula is C17H24N4O5S. The van der Waals surface area contributed by atoms with E-state index < -0.39 is 17.8 Å². The van der Waals surface area contributed by atoms with Gasteiger partial charge in [-0.1, -0.05) is 20.4 Å². The van der Waals surface area contributed by atoms with Crippen molar-refractivity contribution in [2.75, 3.05) is 23.5 Å². The molecule has 2 rings (SSSR count). The zero-order valence-corrected chi connectivity index (χ0v) is 16.4. The van der Waals surface area contributed by atoms with Crippen LogP contribution in [0.1, 0.15) is 26.7 Å². The van der Waals surface area contributed by atoms with E-state index >= 15 is 0 Å². The van der Waals surface area contributed by atoms with Crippen molar-refractivity contribution in [3.8, 4) is 0 Å². The summed E-state index contributed by atoms with van der Waals surface area (Å²) in [5.74, 6) is -0.468. The highest BCUT2D eigenvalue weighted by Crippen LogP contribution is 2.33. The van der Waals surface area contributed by atoms with E-state index in [1.165, 1.54) is 4.90 Å². The Hall–Kier alpha value is -2.33. The number of nitrogens with two attached hydrogens (primary N) is 1. The number of amides is 1. The first-order valence-electron chi connectivity index (χ1n) is 8.50. The monoisotopic (exact) mass is 396 g/mol. The highest BCUT2D eigenvalue weighted by atomic mass is 32.2. The Balaban J connectivity index is 2.17. The average Bonchev–Trinajstić information content (AvgIpc) is 3.00. The number of ether oxygens (including phenoxy) is 2. The molecule has 1 fully saturated rings. The van der Waals surface area contributed by atoms with Crippen LogP contribution in [-0.2, 0) is 19.1 Å². The fraction of sp³-hybridized carbons (Fsp3) is 0.529. The average molecular weight is 396 g/mol. The van der Waals surface area contributed by atoms with Gasteiger partial charge in [-0.25, -0.2) is 4.79 Å². The lowest BCUT2D eigenvalue weighted by Gasteiger charge is -2.27. The number of nitrogens with one attached hydrogen (secondary N) is 1. The van der Waals surface area contributed by atoms with Gasteiger partial charge in [0.15, 0.2) is 5.82 Å². The molecular weight excluding hydrogens is 372 g/mol. The number of thioether (sulfide) groups is 1. The van der Waals surface area contributed by atoms with Gasteiger partial charge >= 0.3 is 5.97 Å². The summed E-state index contributed by atoms with van der Waals surface area (Å²) in [6.07, 6.45) is 2.33. The maximum absolute atomic E-state index is 12.1. The molecule has 0 spiro atoms. The summed E-state index contributed by atoms with van der Waals surface area (Å²) >= 11 is 1.16. The van der Waals surface area contributed by atoms with Crippen molar-refractivity contribution in [3.63, 3.8) is 0 Å². The van der Waals surface area contributed by atoms with Crippen molar-refractivity contribution in [1.82, 2.24) is 9.97 Å². The minimum atomic E-state index is -0.653. The fourth-order valence-electron chi connectivity index (χ4n) is 2.84. The number of carbonyl (C=O) groups is 2. The van der Waals surface area contributed by atoms with Crippen molar-refractivity contribution >= 4 is 35.9 Å². The predicted octanol–water partition coefficient (Wildman–Crippen LogP) is 1.30. The number of esters is 1. The molecule has 9 nitrogen and oxygen atoms in total. The fourth-order valence-corrected chi connectivity index (χ4v) is 3.41. The molecule has 10 heteroatoms. The molecule has 1 aliphatic rings. The number of nitrogens with zero attached hydrogens (tertiary/aromatic N) is 2. The first kappa shape index (κ1) is 21.0. The molecule has 148 valence electrons. The van der Waals surface area contributed by atoms with Gasteiger partial charge in [0.25, 0.3) is 5.56 Å². The van der Waals surface area contributed by atoms with Crippen molar-refractivity contribution in [2.24, 2.45) is 5.92 Å². The molecule has 0 radical (unpaired) electrons. The van der Waals surface area contributed by atoms with Crippen molar-refractivity contribution in [3.05, 3.63) is 22.5 Å². The van der Waals surface area contributed by atoms with E-state index in [0.717, 1.165) is 11.8 Å². The second-order valence-corrected chi connectivity index (χ2v) is 7.05. The molecule has 0 bridgehead atoms. The van der Waals surface area contributed by atoms with E-state index in [9.17, 15) is 14.4 Å². The first-order valence-corrected chi connectivity index (χ1v) is 9.72. The van der Waals surface area contributed by atoms with Crippen LogP contribution >= 0.6 is 11.8 Å². The van der Waals surface area contributed by atoms with Gasteiger partial charge in [0.2, 0.25) is 12.4 Å². The SMILES string of the molecule is C=C(CC)C(=O)OCC1CC(C)C(N(C=O)c2nc(N)[nH]c(=O)c2SC)O1. The summed E-state index contributed by atoms with van der Waals surface area (Å²) in [4.78, 5) is 43.7. The highest BCUT2D eigenvalue weighted by Gasteiger charge is 2.38. The van der Waals surface area contributed by atoms with E-state index in [2.05, 4.69) is 16.5 Å². The van der Waals surface area contributed by atoms with Crippen LogP contribution in [0.4, 0.5) is 11.8 Å². The number of aromatic nitrogens is 2. The Bertz CT molecular complexity index is 781. The topological polar surface area (TPSA) is 128 Å². The maximum Gasteiger partial charge on any atom is 0.333 e. The van der Waals surface area contributed by atoms with Crippen LogP contribution in [0, 0.1) is 5.92 Å². The lowest BCUT2D eigenvalue weighted by Crippen LogP contribution is -2.40. The maximum atomic E-state index is 12.1. The molecule has 0 aromatic carbocycles. The molecule has 1 aromatic rings. The molecule has 2 heterocycles. The normalized spacial score (nSPS) is 21.7. The molecule has 3 atom stereocenters. The largest absolute Gasteiger partial charge is 0.460 e. The lowest BCUT2D eigenvalue weighted by molar-refractivity contribution is -0.143. The van der Waals surface area contributed by atoms with E-state index in [4.69, 9.17) is 15.2 Å². The van der Waals surface area contributed by atoms with E-state index in [0.29, 0.717) is 24.8 Å². The number of H-pyrrole nitrogens is 1. The second kappa shape index (κ2) is 9.05. The Morgan fingerprint density at radius 1 is 1.59 bits per heavy atom. The number of aromatic amines is 1. The smallest absolute Gasteiger partial charge is 0.333 e. The molecule has 3 N–H and O–H groups in total. The number of anilines is 2. The molecule has 1 aromatic heterocycles. The number of rotatable bonds is 8. The van der Waals surface area contributed by atoms with Crippen LogP contribution in [0.3, 0.4) is 0 Å². The zero-order chi connectivity index (χ0) is 20.1. The third-order valence-electron chi connectivity index (χ3n) is 4.28. The lowest BCUT2D eigenvalue weighted by atomic mass is 10.1. The summed E-state index contributed by atoms with van der Waals surface area (Å²) in [6, 6.07) is 0. The van der Waals surface area contributed by atoms with Gasteiger partial charge in [0, 0.05) is 11.5 Å². The molecule has 0 aliphatic carbocycles. The van der Waals surface area contributed by atoms with Crippen molar-refractivity contribution in [2.45, 2.75) is 43.9 Å². The Morgan fingerprint density at radius 2 is 2.30 bits per heavy atom. The molecule has 1 amide bonds. The van der Waals surface area contributed by atoms with E-state index in [-0.39, 0.29) is 35.3 Å². The van der Waals surface area contributed by atoms with Gasteiger partial charge in [-0.05, 0) is 19.1 Å². The summed E-state index contributed by atoms with van der Waals surface area (Å²) in [6.45, 7) is 7.43. The number of hydrogen-bond acceptors (Lipinski definition) is 8. The van der Waals surface area contributed by atoms with Gasteiger partial charge in [-0.2, -0.15) is 4.98 Å². The molecule has 0 saturated carbocycles. The summed E-state index contributed by atoms with van der Waals surface area (Å²) in [5.41, 5.74) is 5.60. The number of nitrogen functional groups attached to an aromatic ring is 1. The van der Waals surface area contributed by atoms with Crippen LogP contribution < -0.4 is 16.2 Å². The van der Waals surface area contributed by atoms with Crippen LogP contribution in [0.25, 0.3) is 0 Å². The van der Waals surface area contributed by atoms with Crippen LogP contribution in [0.5, 0.6) is 0 Å². The molecule has 3 unspecified atom stereocenters. The minimum absolute atomic E-state index is 0.0612. The van der Waals surface area contributed by atoms with Gasteiger partial charge in [0.1, 0.15) is 17.7 Å². The van der Waals surface area contributed by atoms with Gasteiger partial charge in [-0.3, -0.25) is 19.5 Å². The second-order valence-electron chi connectivity index (χ2n) is 6.24. The van der Waals surface area contributed by atoms with Crippen molar-refractivity contribution < 1.29 is 19.1 Å². The highest BCUT2D eigenvalue weighted by molar-refractivity contribution is 7.98. The quantitative estimate of drug-likeness (QED) is 0.291.